The highest BCUT2D eigenvalue weighted by molar-refractivity contribution is 6.05. The van der Waals surface area contributed by atoms with Crippen molar-refractivity contribution in [3.05, 3.63) is 78.4 Å². The number of ether oxygens (including phenoxy) is 1. The molecule has 0 spiro atoms. The number of fused-ring (bicyclic) bond motifs is 1. The van der Waals surface area contributed by atoms with Gasteiger partial charge in [0.15, 0.2) is 11.9 Å². The van der Waals surface area contributed by atoms with Gasteiger partial charge in [-0.05, 0) is 43.3 Å². The molecule has 29 heavy (non-hydrogen) atoms. The Morgan fingerprint density at radius 2 is 1.86 bits per heavy atom. The van der Waals surface area contributed by atoms with Gasteiger partial charge in [0.25, 0.3) is 5.91 Å². The van der Waals surface area contributed by atoms with Crippen molar-refractivity contribution in [1.82, 2.24) is 10.3 Å². The number of nitrogens with one attached hydrogen (secondary N) is 1. The van der Waals surface area contributed by atoms with E-state index in [1.807, 2.05) is 12.1 Å². The molecule has 1 unspecified atom stereocenters. The lowest BCUT2D eigenvalue weighted by atomic mass is 10.1. The molecule has 0 aliphatic carbocycles. The van der Waals surface area contributed by atoms with Gasteiger partial charge in [0.2, 0.25) is 0 Å². The number of nitrogens with zero attached hydrogens (tertiary/aromatic N) is 1. The van der Waals surface area contributed by atoms with Crippen LogP contribution in [0.4, 0.5) is 0 Å². The summed E-state index contributed by atoms with van der Waals surface area (Å²) < 4.78 is 16.0. The minimum absolute atomic E-state index is 0.217. The normalized spacial score (nSPS) is 11.9. The van der Waals surface area contributed by atoms with Crippen molar-refractivity contribution in [2.75, 3.05) is 0 Å². The largest absolute Gasteiger partial charge is 0.467 e. The first-order valence-electron chi connectivity index (χ1n) is 9.06. The first-order valence-corrected chi connectivity index (χ1v) is 9.06. The van der Waals surface area contributed by atoms with Crippen LogP contribution in [0.25, 0.3) is 22.4 Å². The van der Waals surface area contributed by atoms with Gasteiger partial charge >= 0.3 is 5.97 Å². The Balaban J connectivity index is 1.55. The van der Waals surface area contributed by atoms with Crippen LogP contribution in [0.2, 0.25) is 0 Å². The Morgan fingerprint density at radius 3 is 2.62 bits per heavy atom. The van der Waals surface area contributed by atoms with E-state index in [1.165, 1.54) is 19.5 Å². The lowest BCUT2D eigenvalue weighted by molar-refractivity contribution is -0.129. The van der Waals surface area contributed by atoms with Gasteiger partial charge in [-0.2, -0.15) is 0 Å². The third-order valence-corrected chi connectivity index (χ3v) is 4.38. The fourth-order valence-corrected chi connectivity index (χ4v) is 2.90. The molecule has 0 aliphatic heterocycles. The van der Waals surface area contributed by atoms with Crippen molar-refractivity contribution in [2.24, 2.45) is 0 Å². The minimum atomic E-state index is -0.976. The van der Waals surface area contributed by atoms with Crippen molar-refractivity contribution in [3.63, 3.8) is 0 Å². The van der Waals surface area contributed by atoms with Crippen LogP contribution in [0.3, 0.4) is 0 Å². The van der Waals surface area contributed by atoms with Crippen molar-refractivity contribution >= 4 is 22.8 Å². The second-order valence-electron chi connectivity index (χ2n) is 6.39. The Labute approximate surface area is 166 Å². The summed E-state index contributed by atoms with van der Waals surface area (Å²) in [6.45, 7) is 1.74. The zero-order chi connectivity index (χ0) is 20.2. The number of carbonyl (C=O) groups is 2. The van der Waals surface area contributed by atoms with Crippen molar-refractivity contribution in [3.8, 4) is 11.5 Å². The first kappa shape index (κ1) is 18.5. The molecule has 1 atom stereocenters. The fourth-order valence-electron chi connectivity index (χ4n) is 2.90. The minimum Gasteiger partial charge on any atom is -0.467 e. The smallest absolute Gasteiger partial charge is 0.339 e. The molecule has 7 heteroatoms. The fraction of sp³-hybridized carbons (Fsp3) is 0.136. The molecule has 4 rings (SSSR count). The van der Waals surface area contributed by atoms with E-state index in [0.29, 0.717) is 33.7 Å². The highest BCUT2D eigenvalue weighted by Crippen LogP contribution is 2.26. The molecule has 0 bridgehead atoms. The molecule has 1 aromatic carbocycles. The average molecular weight is 390 g/mol. The first-order chi connectivity index (χ1) is 14.1. The molecule has 3 aromatic heterocycles. The van der Waals surface area contributed by atoms with Gasteiger partial charge in [-0.3, -0.25) is 4.79 Å². The number of hydrogen-bond acceptors (Lipinski definition) is 6. The number of carbonyl (C=O) groups excluding carboxylic acids is 2. The van der Waals surface area contributed by atoms with Gasteiger partial charge in [-0.25, -0.2) is 9.78 Å². The van der Waals surface area contributed by atoms with E-state index in [0.717, 1.165) is 0 Å². The van der Waals surface area contributed by atoms with E-state index in [2.05, 4.69) is 10.3 Å². The van der Waals surface area contributed by atoms with Crippen LogP contribution >= 0.6 is 0 Å². The number of para-hydroxylation sites is 1. The number of amides is 1. The topological polar surface area (TPSA) is 94.6 Å². The maximum absolute atomic E-state index is 12.8. The van der Waals surface area contributed by atoms with Crippen molar-refractivity contribution < 1.29 is 23.2 Å². The summed E-state index contributed by atoms with van der Waals surface area (Å²) in [5.41, 5.74) is 1.45. The van der Waals surface area contributed by atoms with Gasteiger partial charge in [0.05, 0.1) is 30.2 Å². The van der Waals surface area contributed by atoms with E-state index < -0.39 is 18.0 Å². The van der Waals surface area contributed by atoms with Gasteiger partial charge in [-0.1, -0.05) is 18.2 Å². The molecular weight excluding hydrogens is 372 g/mol. The summed E-state index contributed by atoms with van der Waals surface area (Å²) in [7, 11) is 0. The van der Waals surface area contributed by atoms with Crippen LogP contribution in [-0.4, -0.2) is 23.0 Å². The molecule has 0 fully saturated rings. The molecule has 4 aromatic rings. The van der Waals surface area contributed by atoms with E-state index in [9.17, 15) is 9.59 Å². The predicted molar refractivity (Wildman–Crippen MR) is 105 cm³/mol. The number of aromatic nitrogens is 1. The molecule has 7 nitrogen and oxygen atoms in total. The summed E-state index contributed by atoms with van der Waals surface area (Å²) in [6.07, 6.45) is 2.09. The van der Waals surface area contributed by atoms with Gasteiger partial charge in [0.1, 0.15) is 11.5 Å². The zero-order valence-electron chi connectivity index (χ0n) is 15.6. The number of furan rings is 2. The van der Waals surface area contributed by atoms with Gasteiger partial charge < -0.3 is 18.9 Å². The average Bonchev–Trinajstić information content (AvgIpc) is 3.45. The SMILES string of the molecule is CC(OC(=O)c1cc(-c2ccco2)nc2ccccc12)C(=O)NCc1ccco1. The van der Waals surface area contributed by atoms with Crippen LogP contribution in [0.15, 0.2) is 76.0 Å². The quantitative estimate of drug-likeness (QED) is 0.501. The second-order valence-corrected chi connectivity index (χ2v) is 6.39. The predicted octanol–water partition coefficient (Wildman–Crippen LogP) is 3.95. The van der Waals surface area contributed by atoms with E-state index in [-0.39, 0.29) is 6.54 Å². The molecule has 0 radical (unpaired) electrons. The monoisotopic (exact) mass is 390 g/mol. The standard InChI is InChI=1S/C22H18N2O5/c1-14(21(25)23-13-15-6-4-10-27-15)29-22(26)17-12-19(20-9-5-11-28-20)24-18-8-3-2-7-16(17)18/h2-12,14H,13H2,1H3,(H,23,25). The van der Waals surface area contributed by atoms with Crippen LogP contribution in [-0.2, 0) is 16.1 Å². The Bertz CT molecular complexity index is 1130. The van der Waals surface area contributed by atoms with Crippen LogP contribution in [0, 0.1) is 0 Å². The molecule has 1 N–H and O–H groups in total. The lowest BCUT2D eigenvalue weighted by Crippen LogP contribution is -2.35. The lowest BCUT2D eigenvalue weighted by Gasteiger charge is -2.14. The maximum Gasteiger partial charge on any atom is 0.339 e. The van der Waals surface area contributed by atoms with Crippen molar-refractivity contribution in [1.29, 1.82) is 0 Å². The van der Waals surface area contributed by atoms with Crippen LogP contribution < -0.4 is 5.32 Å². The maximum atomic E-state index is 12.8. The molecular formula is C22H18N2O5. The van der Waals surface area contributed by atoms with Gasteiger partial charge in [0, 0.05) is 5.39 Å². The third-order valence-electron chi connectivity index (χ3n) is 4.38. The summed E-state index contributed by atoms with van der Waals surface area (Å²) in [5, 5.41) is 3.31. The number of pyridine rings is 1. The molecule has 146 valence electrons. The number of rotatable bonds is 6. The number of benzene rings is 1. The summed E-state index contributed by atoms with van der Waals surface area (Å²) >= 11 is 0. The molecule has 1 amide bonds. The Hall–Kier alpha value is -3.87. The van der Waals surface area contributed by atoms with Crippen molar-refractivity contribution in [2.45, 2.75) is 19.6 Å². The highest BCUT2D eigenvalue weighted by atomic mass is 16.5. The number of hydrogen-bond donors (Lipinski definition) is 1. The number of esters is 1. The van der Waals surface area contributed by atoms with Crippen LogP contribution in [0.1, 0.15) is 23.0 Å². The van der Waals surface area contributed by atoms with Crippen LogP contribution in [0.5, 0.6) is 0 Å². The molecule has 0 aliphatic rings. The summed E-state index contributed by atoms with van der Waals surface area (Å²) in [4.78, 5) is 29.7. The van der Waals surface area contributed by atoms with Gasteiger partial charge in [-0.15, -0.1) is 0 Å². The second kappa shape index (κ2) is 8.02. The molecule has 0 saturated heterocycles. The Morgan fingerprint density at radius 1 is 1.07 bits per heavy atom. The third kappa shape index (κ3) is 4.03. The van der Waals surface area contributed by atoms with E-state index in [1.54, 1.807) is 42.5 Å². The highest BCUT2D eigenvalue weighted by Gasteiger charge is 2.22. The van der Waals surface area contributed by atoms with E-state index >= 15 is 0 Å². The zero-order valence-corrected chi connectivity index (χ0v) is 15.6. The summed E-state index contributed by atoms with van der Waals surface area (Å²) in [6, 6.07) is 15.8. The molecule has 3 heterocycles. The summed E-state index contributed by atoms with van der Waals surface area (Å²) in [5.74, 6) is 0.116. The Kier molecular flexibility index (Phi) is 5.11. The molecule has 0 saturated carbocycles. The van der Waals surface area contributed by atoms with E-state index in [4.69, 9.17) is 13.6 Å².